The molecule has 7 heteroatoms. The van der Waals surface area contributed by atoms with Gasteiger partial charge in [0.1, 0.15) is 5.82 Å². The predicted octanol–water partition coefficient (Wildman–Crippen LogP) is 3.82. The number of aromatic carboxylic acids is 1. The van der Waals surface area contributed by atoms with E-state index in [0.717, 1.165) is 0 Å². The highest BCUT2D eigenvalue weighted by atomic mass is 35.5. The highest BCUT2D eigenvalue weighted by molar-refractivity contribution is 6.34. The fourth-order valence-electron chi connectivity index (χ4n) is 1.66. The maximum atomic E-state index is 13.4. The van der Waals surface area contributed by atoms with Crippen molar-refractivity contribution in [1.82, 2.24) is 0 Å². The van der Waals surface area contributed by atoms with Crippen LogP contribution in [0.4, 0.5) is 20.6 Å². The van der Waals surface area contributed by atoms with E-state index < -0.39 is 17.8 Å². The molecule has 0 unspecified atom stereocenters. The molecule has 0 aliphatic heterocycles. The molecule has 0 saturated heterocycles. The zero-order valence-electron chi connectivity index (χ0n) is 10.6. The van der Waals surface area contributed by atoms with Crippen LogP contribution in [0.15, 0.2) is 42.5 Å². The van der Waals surface area contributed by atoms with Gasteiger partial charge < -0.3 is 15.7 Å². The molecule has 3 N–H and O–H groups in total. The lowest BCUT2D eigenvalue weighted by Gasteiger charge is -2.11. The van der Waals surface area contributed by atoms with Gasteiger partial charge in [0.2, 0.25) is 0 Å². The molecule has 108 valence electrons. The summed E-state index contributed by atoms with van der Waals surface area (Å²) in [7, 11) is 0. The largest absolute Gasteiger partial charge is 0.478 e. The van der Waals surface area contributed by atoms with Crippen molar-refractivity contribution < 1.29 is 19.1 Å². The summed E-state index contributed by atoms with van der Waals surface area (Å²) in [5.41, 5.74) is -0.245. The number of urea groups is 1. The summed E-state index contributed by atoms with van der Waals surface area (Å²) in [6.07, 6.45) is 0. The van der Waals surface area contributed by atoms with Crippen LogP contribution in [0.2, 0.25) is 5.02 Å². The first-order valence-corrected chi connectivity index (χ1v) is 6.21. The van der Waals surface area contributed by atoms with Crippen molar-refractivity contribution in [3.63, 3.8) is 0 Å². The Morgan fingerprint density at radius 3 is 2.43 bits per heavy atom. The number of nitrogens with one attached hydrogen (secondary N) is 2. The van der Waals surface area contributed by atoms with Crippen molar-refractivity contribution in [3.8, 4) is 0 Å². The third-order valence-corrected chi connectivity index (χ3v) is 2.92. The van der Waals surface area contributed by atoms with Gasteiger partial charge in [-0.2, -0.15) is 0 Å². The van der Waals surface area contributed by atoms with E-state index in [1.165, 1.54) is 36.4 Å². The lowest BCUT2D eigenvalue weighted by molar-refractivity contribution is 0.0698. The molecule has 2 aromatic rings. The molecule has 0 fully saturated rings. The molecule has 2 rings (SSSR count). The summed E-state index contributed by atoms with van der Waals surface area (Å²) >= 11 is 5.87. The quantitative estimate of drug-likeness (QED) is 0.806. The Hall–Kier alpha value is -2.60. The molecule has 0 radical (unpaired) electrons. The van der Waals surface area contributed by atoms with E-state index in [1.807, 2.05) is 0 Å². The number of benzene rings is 2. The van der Waals surface area contributed by atoms with Gasteiger partial charge in [-0.05, 0) is 24.3 Å². The van der Waals surface area contributed by atoms with Crippen molar-refractivity contribution in [1.29, 1.82) is 0 Å². The van der Waals surface area contributed by atoms with Crippen molar-refractivity contribution in [2.24, 2.45) is 0 Å². The normalized spacial score (nSPS) is 10.0. The smallest absolute Gasteiger partial charge is 0.337 e. The monoisotopic (exact) mass is 308 g/mol. The molecular formula is C14H10ClFN2O3. The Balaban J connectivity index is 2.21. The van der Waals surface area contributed by atoms with Crippen molar-refractivity contribution in [3.05, 3.63) is 58.9 Å². The van der Waals surface area contributed by atoms with Gasteiger partial charge in [-0.1, -0.05) is 29.8 Å². The molecule has 0 bridgehead atoms. The van der Waals surface area contributed by atoms with Crippen LogP contribution >= 0.6 is 11.6 Å². The molecular weight excluding hydrogens is 299 g/mol. The van der Waals surface area contributed by atoms with E-state index in [2.05, 4.69) is 10.6 Å². The summed E-state index contributed by atoms with van der Waals surface area (Å²) < 4.78 is 13.4. The zero-order valence-corrected chi connectivity index (χ0v) is 11.3. The average molecular weight is 309 g/mol. The van der Waals surface area contributed by atoms with Crippen LogP contribution in [0.25, 0.3) is 0 Å². The number of carbonyl (C=O) groups excluding carboxylic acids is 1. The lowest BCUT2D eigenvalue weighted by Crippen LogP contribution is -2.21. The van der Waals surface area contributed by atoms with Gasteiger partial charge in [-0.3, -0.25) is 0 Å². The standard InChI is InChI=1S/C14H10ClFN2O3/c15-9-5-3-4-8(13(19)20)12(9)18-14(21)17-11-7-2-1-6-10(11)16/h1-7H,(H,19,20)(H2,17,18,21). The highest BCUT2D eigenvalue weighted by Gasteiger charge is 2.16. The van der Waals surface area contributed by atoms with E-state index in [4.69, 9.17) is 16.7 Å². The molecule has 0 atom stereocenters. The summed E-state index contributed by atoms with van der Waals surface area (Å²) in [6, 6.07) is 8.99. The molecule has 5 nitrogen and oxygen atoms in total. The number of carbonyl (C=O) groups is 2. The number of hydrogen-bond donors (Lipinski definition) is 3. The van der Waals surface area contributed by atoms with E-state index in [0.29, 0.717) is 0 Å². The number of anilines is 2. The molecule has 0 spiro atoms. The number of rotatable bonds is 3. The number of halogens is 2. The fraction of sp³-hybridized carbons (Fsp3) is 0. The summed E-state index contributed by atoms with van der Waals surface area (Å²) in [5, 5.41) is 13.7. The molecule has 0 aliphatic rings. The Kier molecular flexibility index (Phi) is 4.39. The zero-order chi connectivity index (χ0) is 15.4. The van der Waals surface area contributed by atoms with Crippen LogP contribution in [0, 0.1) is 5.82 Å². The number of carboxylic acid groups (broad SMARTS) is 1. The minimum absolute atomic E-state index is 0.0288. The third kappa shape index (κ3) is 3.49. The van der Waals surface area contributed by atoms with E-state index in [1.54, 1.807) is 6.07 Å². The van der Waals surface area contributed by atoms with Gasteiger partial charge in [0, 0.05) is 0 Å². The Labute approximate surface area is 124 Å². The maximum Gasteiger partial charge on any atom is 0.337 e. The SMILES string of the molecule is O=C(Nc1ccccc1F)Nc1c(Cl)cccc1C(=O)O. The lowest BCUT2D eigenvalue weighted by atomic mass is 10.2. The minimum Gasteiger partial charge on any atom is -0.478 e. The minimum atomic E-state index is -1.24. The van der Waals surface area contributed by atoms with Gasteiger partial charge >= 0.3 is 12.0 Å². The Morgan fingerprint density at radius 1 is 1.05 bits per heavy atom. The highest BCUT2D eigenvalue weighted by Crippen LogP contribution is 2.26. The fourth-order valence-corrected chi connectivity index (χ4v) is 1.88. The molecule has 0 heterocycles. The Morgan fingerprint density at radius 2 is 1.76 bits per heavy atom. The topological polar surface area (TPSA) is 78.4 Å². The van der Waals surface area contributed by atoms with Crippen molar-refractivity contribution in [2.75, 3.05) is 10.6 Å². The van der Waals surface area contributed by atoms with Gasteiger partial charge in [-0.25, -0.2) is 14.0 Å². The van der Waals surface area contributed by atoms with E-state index in [9.17, 15) is 14.0 Å². The molecule has 2 aromatic carbocycles. The molecule has 0 aromatic heterocycles. The van der Waals surface area contributed by atoms with Crippen LogP contribution in [0.5, 0.6) is 0 Å². The first kappa shape index (κ1) is 14.8. The first-order valence-electron chi connectivity index (χ1n) is 5.83. The van der Waals surface area contributed by atoms with Gasteiger partial charge in [-0.15, -0.1) is 0 Å². The van der Waals surface area contributed by atoms with Crippen LogP contribution in [-0.4, -0.2) is 17.1 Å². The van der Waals surface area contributed by atoms with Crippen LogP contribution < -0.4 is 10.6 Å². The van der Waals surface area contributed by atoms with Gasteiger partial charge in [0.15, 0.2) is 0 Å². The predicted molar refractivity (Wildman–Crippen MR) is 77.5 cm³/mol. The number of hydrogen-bond acceptors (Lipinski definition) is 2. The summed E-state index contributed by atoms with van der Waals surface area (Å²) in [5.74, 6) is -1.84. The first-order chi connectivity index (χ1) is 9.99. The van der Waals surface area contributed by atoms with Crippen molar-refractivity contribution in [2.45, 2.75) is 0 Å². The summed E-state index contributed by atoms with van der Waals surface area (Å²) in [4.78, 5) is 22.9. The van der Waals surface area contributed by atoms with Crippen molar-refractivity contribution >= 4 is 35.0 Å². The Bertz CT molecular complexity index is 706. The van der Waals surface area contributed by atoms with Crippen LogP contribution in [0.3, 0.4) is 0 Å². The molecule has 2 amide bonds. The van der Waals surface area contributed by atoms with E-state index >= 15 is 0 Å². The second kappa shape index (κ2) is 6.23. The molecule has 0 aliphatic carbocycles. The number of carboxylic acids is 1. The summed E-state index contributed by atoms with van der Waals surface area (Å²) in [6.45, 7) is 0. The number of amides is 2. The second-order valence-electron chi connectivity index (χ2n) is 4.03. The number of para-hydroxylation sites is 2. The van der Waals surface area contributed by atoms with Gasteiger partial charge in [0.25, 0.3) is 0 Å². The third-order valence-electron chi connectivity index (χ3n) is 2.60. The average Bonchev–Trinajstić information content (AvgIpc) is 2.43. The second-order valence-corrected chi connectivity index (χ2v) is 4.43. The van der Waals surface area contributed by atoms with Gasteiger partial charge in [0.05, 0.1) is 22.0 Å². The molecule has 0 saturated carbocycles. The maximum absolute atomic E-state index is 13.4. The van der Waals surface area contributed by atoms with Crippen LogP contribution in [-0.2, 0) is 0 Å². The van der Waals surface area contributed by atoms with E-state index in [-0.39, 0.29) is 22.0 Å². The molecule has 21 heavy (non-hydrogen) atoms. The van der Waals surface area contributed by atoms with Crippen LogP contribution in [0.1, 0.15) is 10.4 Å².